The van der Waals surface area contributed by atoms with Crippen LogP contribution in [0.5, 0.6) is 11.5 Å². The molecule has 2 aliphatic rings. The summed E-state index contributed by atoms with van der Waals surface area (Å²) in [7, 11) is 0. The maximum absolute atomic E-state index is 10.4. The summed E-state index contributed by atoms with van der Waals surface area (Å²) in [6.07, 6.45) is 6.29. The fourth-order valence-corrected chi connectivity index (χ4v) is 2.83. The average Bonchev–Trinajstić information content (AvgIpc) is 3.00. The van der Waals surface area contributed by atoms with Crippen molar-refractivity contribution in [3.05, 3.63) is 52.7 Å². The Hall–Kier alpha value is -3.08. The molecule has 0 radical (unpaired) electrons. The highest BCUT2D eigenvalue weighted by Gasteiger charge is 2.18. The van der Waals surface area contributed by atoms with Crippen molar-refractivity contribution in [2.45, 2.75) is 6.42 Å². The van der Waals surface area contributed by atoms with Gasteiger partial charge in [0.1, 0.15) is 11.4 Å². The predicted octanol–water partition coefficient (Wildman–Crippen LogP) is 2.07. The molecule has 0 fully saturated rings. The molecule has 2 aliphatic heterocycles. The molecular formula is C18H15N3O2. The van der Waals surface area contributed by atoms with Crippen LogP contribution in [-0.2, 0) is 0 Å². The molecule has 3 N–H and O–H groups in total. The van der Waals surface area contributed by atoms with E-state index in [9.17, 15) is 10.2 Å². The minimum atomic E-state index is 0.141. The van der Waals surface area contributed by atoms with Crippen LogP contribution in [0.15, 0.2) is 46.5 Å². The van der Waals surface area contributed by atoms with Crippen LogP contribution in [0, 0.1) is 0 Å². The van der Waals surface area contributed by atoms with Crippen LogP contribution < -0.4 is 15.9 Å². The SMILES string of the molecule is Oc1ccc(/C=C/Nc2cc3c4c(c2O)N=CC=4CCN=3)cc1. The first-order valence-electron chi connectivity index (χ1n) is 7.42. The number of hydrogen-bond acceptors (Lipinski definition) is 5. The number of aromatic hydroxyl groups is 2. The van der Waals surface area contributed by atoms with Gasteiger partial charge in [-0.15, -0.1) is 0 Å². The van der Waals surface area contributed by atoms with Crippen molar-refractivity contribution in [3.8, 4) is 11.5 Å². The summed E-state index contributed by atoms with van der Waals surface area (Å²) in [6, 6.07) is 8.72. The highest BCUT2D eigenvalue weighted by atomic mass is 16.3. The molecule has 114 valence electrons. The minimum Gasteiger partial charge on any atom is -0.508 e. The van der Waals surface area contributed by atoms with E-state index >= 15 is 0 Å². The molecule has 4 rings (SSSR count). The minimum absolute atomic E-state index is 0.141. The van der Waals surface area contributed by atoms with Gasteiger partial charge in [-0.1, -0.05) is 12.1 Å². The van der Waals surface area contributed by atoms with Gasteiger partial charge < -0.3 is 15.5 Å². The van der Waals surface area contributed by atoms with E-state index in [0.717, 1.165) is 34.7 Å². The second-order valence-electron chi connectivity index (χ2n) is 5.50. The van der Waals surface area contributed by atoms with Crippen molar-refractivity contribution in [2.75, 3.05) is 11.9 Å². The largest absolute Gasteiger partial charge is 0.508 e. The van der Waals surface area contributed by atoms with Crippen molar-refractivity contribution in [3.63, 3.8) is 0 Å². The van der Waals surface area contributed by atoms with E-state index in [1.807, 2.05) is 18.4 Å². The van der Waals surface area contributed by atoms with Crippen molar-refractivity contribution in [1.82, 2.24) is 0 Å². The smallest absolute Gasteiger partial charge is 0.165 e. The van der Waals surface area contributed by atoms with E-state index in [1.54, 1.807) is 30.5 Å². The highest BCUT2D eigenvalue weighted by molar-refractivity contribution is 6.08. The Balaban J connectivity index is 1.66. The fraction of sp³-hybridized carbons (Fsp3) is 0.111. The highest BCUT2D eigenvalue weighted by Crippen LogP contribution is 2.32. The number of nitrogens with one attached hydrogen (secondary N) is 1. The quantitative estimate of drug-likeness (QED) is 0.760. The third-order valence-electron chi connectivity index (χ3n) is 4.00. The number of nitrogens with zero attached hydrogens (tertiary/aromatic N) is 2. The third-order valence-corrected chi connectivity index (χ3v) is 4.00. The molecule has 2 aromatic carbocycles. The Morgan fingerprint density at radius 2 is 1.96 bits per heavy atom. The summed E-state index contributed by atoms with van der Waals surface area (Å²) in [5.41, 5.74) is 3.27. The Morgan fingerprint density at radius 3 is 2.78 bits per heavy atom. The lowest BCUT2D eigenvalue weighted by atomic mass is 10.1. The summed E-state index contributed by atoms with van der Waals surface area (Å²) < 4.78 is 0. The second-order valence-corrected chi connectivity index (χ2v) is 5.50. The molecule has 5 heteroatoms. The van der Waals surface area contributed by atoms with Gasteiger partial charge in [-0.05, 0) is 41.8 Å². The van der Waals surface area contributed by atoms with Crippen LogP contribution in [0.3, 0.4) is 0 Å². The Bertz CT molecular complexity index is 957. The summed E-state index contributed by atoms with van der Waals surface area (Å²) in [6.45, 7) is 0.751. The molecule has 0 aliphatic carbocycles. The van der Waals surface area contributed by atoms with Crippen LogP contribution in [0.2, 0.25) is 0 Å². The van der Waals surface area contributed by atoms with Crippen molar-refractivity contribution in [2.24, 2.45) is 9.98 Å². The van der Waals surface area contributed by atoms with Crippen molar-refractivity contribution in [1.29, 1.82) is 0 Å². The van der Waals surface area contributed by atoms with Crippen molar-refractivity contribution < 1.29 is 10.2 Å². The average molecular weight is 305 g/mol. The number of rotatable bonds is 3. The number of hydrogen-bond donors (Lipinski definition) is 3. The summed E-state index contributed by atoms with van der Waals surface area (Å²) in [5.74, 6) is 0.374. The monoisotopic (exact) mass is 305 g/mol. The molecule has 0 bridgehead atoms. The van der Waals surface area contributed by atoms with Gasteiger partial charge in [0.15, 0.2) is 5.75 Å². The standard InChI is InChI=1S/C18H15N3O2/c22-13-3-1-11(2-4-13)5-7-20-15-9-14-16-12(6-8-19-14)10-21-17(16)18(15)23/h1-5,7,9-10,20,22-23H,6,8H2/b7-5+. The topological polar surface area (TPSA) is 77.2 Å². The van der Waals surface area contributed by atoms with Crippen molar-refractivity contribution >= 4 is 29.2 Å². The van der Waals surface area contributed by atoms with E-state index in [4.69, 9.17) is 0 Å². The molecule has 0 amide bonds. The Kier molecular flexibility index (Phi) is 3.12. The summed E-state index contributed by atoms with van der Waals surface area (Å²) >= 11 is 0. The van der Waals surface area contributed by atoms with Crippen LogP contribution in [-0.4, -0.2) is 23.0 Å². The Labute approximate surface area is 132 Å². The number of benzene rings is 2. The van der Waals surface area contributed by atoms with E-state index in [2.05, 4.69) is 15.3 Å². The number of phenolic OH excluding ortho intramolecular Hbond substituents is 2. The predicted molar refractivity (Wildman–Crippen MR) is 90.7 cm³/mol. The molecule has 0 saturated heterocycles. The van der Waals surface area contributed by atoms with Crippen LogP contribution >= 0.6 is 0 Å². The molecule has 0 spiro atoms. The van der Waals surface area contributed by atoms with Crippen LogP contribution in [0.1, 0.15) is 12.0 Å². The van der Waals surface area contributed by atoms with E-state index < -0.39 is 0 Å². The zero-order valence-corrected chi connectivity index (χ0v) is 12.3. The summed E-state index contributed by atoms with van der Waals surface area (Å²) in [5, 5.41) is 24.6. The molecule has 2 aromatic rings. The van der Waals surface area contributed by atoms with E-state index in [1.165, 1.54) is 0 Å². The number of aliphatic imine (C=N–C) groups is 1. The first-order valence-corrected chi connectivity index (χ1v) is 7.42. The molecule has 0 unspecified atom stereocenters. The van der Waals surface area contributed by atoms with Gasteiger partial charge in [-0.25, -0.2) is 0 Å². The Morgan fingerprint density at radius 1 is 1.13 bits per heavy atom. The second kappa shape index (κ2) is 5.28. The van der Waals surface area contributed by atoms with Gasteiger partial charge in [0, 0.05) is 24.2 Å². The molecule has 2 heterocycles. The van der Waals surface area contributed by atoms with Gasteiger partial charge in [0.2, 0.25) is 0 Å². The maximum atomic E-state index is 10.4. The first kappa shape index (κ1) is 13.6. The molecular weight excluding hydrogens is 290 g/mol. The lowest BCUT2D eigenvalue weighted by Crippen LogP contribution is -2.30. The van der Waals surface area contributed by atoms with Gasteiger partial charge in [-0.3, -0.25) is 9.98 Å². The van der Waals surface area contributed by atoms with Crippen LogP contribution in [0.4, 0.5) is 11.4 Å². The molecule has 0 aromatic heterocycles. The fourth-order valence-electron chi connectivity index (χ4n) is 2.83. The molecule has 0 atom stereocenters. The summed E-state index contributed by atoms with van der Waals surface area (Å²) in [4.78, 5) is 8.84. The van der Waals surface area contributed by atoms with E-state index in [0.29, 0.717) is 11.4 Å². The first-order chi connectivity index (χ1) is 11.2. The number of anilines is 1. The molecule has 0 saturated carbocycles. The zero-order chi connectivity index (χ0) is 15.8. The zero-order valence-electron chi connectivity index (χ0n) is 12.3. The molecule has 23 heavy (non-hydrogen) atoms. The van der Waals surface area contributed by atoms with E-state index in [-0.39, 0.29) is 11.5 Å². The third kappa shape index (κ3) is 2.36. The van der Waals surface area contributed by atoms with Gasteiger partial charge >= 0.3 is 0 Å². The van der Waals surface area contributed by atoms with Crippen LogP contribution in [0.25, 0.3) is 11.6 Å². The van der Waals surface area contributed by atoms with Gasteiger partial charge in [0.05, 0.1) is 11.0 Å². The lowest BCUT2D eigenvalue weighted by molar-refractivity contribution is 0.475. The van der Waals surface area contributed by atoms with Gasteiger partial charge in [-0.2, -0.15) is 0 Å². The molecule has 5 nitrogen and oxygen atoms in total. The number of phenols is 2. The normalized spacial score (nSPS) is 14.9. The maximum Gasteiger partial charge on any atom is 0.165 e. The van der Waals surface area contributed by atoms with Gasteiger partial charge in [0.25, 0.3) is 0 Å². The lowest BCUT2D eigenvalue weighted by Gasteiger charge is -2.09.